The van der Waals surface area contributed by atoms with Crippen LogP contribution in [0.5, 0.6) is 0 Å². The Morgan fingerprint density at radius 2 is 1.94 bits per heavy atom. The highest BCUT2D eigenvalue weighted by atomic mass is 15.3. The van der Waals surface area contributed by atoms with Gasteiger partial charge in [0.2, 0.25) is 0 Å². The fourth-order valence-electron chi connectivity index (χ4n) is 1.62. The van der Waals surface area contributed by atoms with E-state index in [-0.39, 0.29) is 5.92 Å². The second-order valence-electron chi connectivity index (χ2n) is 3.65. The lowest BCUT2D eigenvalue weighted by atomic mass is 9.95. The van der Waals surface area contributed by atoms with Crippen molar-refractivity contribution < 1.29 is 0 Å². The highest BCUT2D eigenvalue weighted by molar-refractivity contribution is 5.38. The van der Waals surface area contributed by atoms with Crippen molar-refractivity contribution in [3.8, 4) is 0 Å². The van der Waals surface area contributed by atoms with Crippen molar-refractivity contribution in [3.05, 3.63) is 53.7 Å². The van der Waals surface area contributed by atoms with Crippen molar-refractivity contribution in [2.75, 3.05) is 5.43 Å². The van der Waals surface area contributed by atoms with Crippen LogP contribution in [-0.2, 0) is 0 Å². The molecule has 0 amide bonds. The Bertz CT molecular complexity index is 456. The van der Waals surface area contributed by atoms with Gasteiger partial charge in [-0.3, -0.25) is 0 Å². The Morgan fingerprint density at radius 1 is 1.19 bits per heavy atom. The van der Waals surface area contributed by atoms with Gasteiger partial charge >= 0.3 is 0 Å². The molecule has 0 saturated carbocycles. The standard InChI is InChI=1S/C12H14N4/c1-9(10-5-3-2-4-6-10)11-7-12(15-13)16-14-8-11/h2-9H,13H2,1H3,(H,15,16). The van der Waals surface area contributed by atoms with Crippen molar-refractivity contribution in [3.63, 3.8) is 0 Å². The van der Waals surface area contributed by atoms with Gasteiger partial charge in [0.15, 0.2) is 5.82 Å². The highest BCUT2D eigenvalue weighted by Crippen LogP contribution is 2.23. The van der Waals surface area contributed by atoms with Gasteiger partial charge in [0.1, 0.15) is 0 Å². The van der Waals surface area contributed by atoms with E-state index in [0.29, 0.717) is 5.82 Å². The average Bonchev–Trinajstić information content (AvgIpc) is 2.39. The molecule has 0 bridgehead atoms. The van der Waals surface area contributed by atoms with Crippen molar-refractivity contribution in [2.24, 2.45) is 5.84 Å². The fraction of sp³-hybridized carbons (Fsp3) is 0.167. The summed E-state index contributed by atoms with van der Waals surface area (Å²) in [4.78, 5) is 0. The number of nitrogens with zero attached hydrogens (tertiary/aromatic N) is 2. The molecule has 0 saturated heterocycles. The van der Waals surface area contributed by atoms with Crippen LogP contribution < -0.4 is 11.3 Å². The number of anilines is 1. The molecule has 1 unspecified atom stereocenters. The van der Waals surface area contributed by atoms with Gasteiger partial charge in [-0.2, -0.15) is 5.10 Å². The molecule has 1 aromatic carbocycles. The third-order valence-corrected chi connectivity index (χ3v) is 2.62. The Morgan fingerprint density at radius 3 is 2.62 bits per heavy atom. The molecule has 16 heavy (non-hydrogen) atoms. The lowest BCUT2D eigenvalue weighted by molar-refractivity contribution is 0.885. The number of rotatable bonds is 3. The zero-order valence-electron chi connectivity index (χ0n) is 9.09. The van der Waals surface area contributed by atoms with Crippen LogP contribution in [0.2, 0.25) is 0 Å². The summed E-state index contributed by atoms with van der Waals surface area (Å²) < 4.78 is 0. The first-order chi connectivity index (χ1) is 7.81. The molecule has 0 radical (unpaired) electrons. The van der Waals surface area contributed by atoms with Crippen LogP contribution in [0.15, 0.2) is 42.6 Å². The van der Waals surface area contributed by atoms with Crippen LogP contribution in [0.4, 0.5) is 5.82 Å². The molecule has 0 aliphatic carbocycles. The topological polar surface area (TPSA) is 63.8 Å². The Kier molecular flexibility index (Phi) is 3.12. The lowest BCUT2D eigenvalue weighted by Crippen LogP contribution is -2.10. The highest BCUT2D eigenvalue weighted by Gasteiger charge is 2.09. The monoisotopic (exact) mass is 214 g/mol. The number of nitrogens with one attached hydrogen (secondary N) is 1. The predicted molar refractivity (Wildman–Crippen MR) is 63.8 cm³/mol. The van der Waals surface area contributed by atoms with Crippen LogP contribution in [-0.4, -0.2) is 10.2 Å². The van der Waals surface area contributed by atoms with Crippen LogP contribution in [0.25, 0.3) is 0 Å². The van der Waals surface area contributed by atoms with Crippen LogP contribution >= 0.6 is 0 Å². The van der Waals surface area contributed by atoms with Gasteiger partial charge in [-0.15, -0.1) is 5.10 Å². The molecule has 0 aliphatic heterocycles. The van der Waals surface area contributed by atoms with E-state index in [1.807, 2.05) is 24.3 Å². The Balaban J connectivity index is 2.30. The molecular formula is C12H14N4. The molecule has 82 valence electrons. The van der Waals surface area contributed by atoms with Gasteiger partial charge < -0.3 is 5.43 Å². The van der Waals surface area contributed by atoms with E-state index in [1.54, 1.807) is 6.20 Å². The average molecular weight is 214 g/mol. The van der Waals surface area contributed by atoms with Gasteiger partial charge in [0, 0.05) is 5.92 Å². The Hall–Kier alpha value is -1.94. The van der Waals surface area contributed by atoms with E-state index in [2.05, 4.69) is 34.7 Å². The smallest absolute Gasteiger partial charge is 0.162 e. The molecular weight excluding hydrogens is 200 g/mol. The van der Waals surface area contributed by atoms with Crippen molar-refractivity contribution in [1.82, 2.24) is 10.2 Å². The number of hydrogen-bond donors (Lipinski definition) is 2. The quantitative estimate of drug-likeness (QED) is 0.605. The molecule has 3 N–H and O–H groups in total. The van der Waals surface area contributed by atoms with Gasteiger partial charge in [0.25, 0.3) is 0 Å². The second kappa shape index (κ2) is 4.72. The van der Waals surface area contributed by atoms with E-state index in [9.17, 15) is 0 Å². The summed E-state index contributed by atoms with van der Waals surface area (Å²) in [5.41, 5.74) is 4.84. The summed E-state index contributed by atoms with van der Waals surface area (Å²) in [5, 5.41) is 7.76. The van der Waals surface area contributed by atoms with Gasteiger partial charge in [-0.05, 0) is 17.2 Å². The minimum absolute atomic E-state index is 0.281. The molecule has 4 heteroatoms. The molecule has 0 spiro atoms. The molecule has 1 aromatic heterocycles. The van der Waals surface area contributed by atoms with Crippen LogP contribution in [0, 0.1) is 0 Å². The molecule has 2 rings (SSSR count). The maximum absolute atomic E-state index is 5.31. The van der Waals surface area contributed by atoms with Crippen molar-refractivity contribution in [2.45, 2.75) is 12.8 Å². The van der Waals surface area contributed by atoms with Crippen LogP contribution in [0.1, 0.15) is 24.0 Å². The van der Waals surface area contributed by atoms with Crippen molar-refractivity contribution >= 4 is 5.82 Å². The predicted octanol–water partition coefficient (Wildman–Crippen LogP) is 1.91. The van der Waals surface area contributed by atoms with E-state index >= 15 is 0 Å². The Labute approximate surface area is 94.5 Å². The molecule has 2 aromatic rings. The maximum atomic E-state index is 5.31. The number of aromatic nitrogens is 2. The number of hydrogen-bond acceptors (Lipinski definition) is 4. The van der Waals surface area contributed by atoms with Crippen molar-refractivity contribution in [1.29, 1.82) is 0 Å². The second-order valence-corrected chi connectivity index (χ2v) is 3.65. The first-order valence-corrected chi connectivity index (χ1v) is 5.15. The van der Waals surface area contributed by atoms with E-state index < -0.39 is 0 Å². The minimum Gasteiger partial charge on any atom is -0.307 e. The number of benzene rings is 1. The molecule has 1 heterocycles. The normalized spacial score (nSPS) is 12.1. The summed E-state index contributed by atoms with van der Waals surface area (Å²) in [6, 6.07) is 12.2. The molecule has 0 aliphatic rings. The largest absolute Gasteiger partial charge is 0.307 e. The lowest BCUT2D eigenvalue weighted by Gasteiger charge is -2.12. The number of nitrogen functional groups attached to an aromatic ring is 1. The minimum atomic E-state index is 0.281. The molecule has 4 nitrogen and oxygen atoms in total. The van der Waals surface area contributed by atoms with Gasteiger partial charge in [-0.1, -0.05) is 37.3 Å². The summed E-state index contributed by atoms with van der Waals surface area (Å²) in [5.74, 6) is 6.17. The summed E-state index contributed by atoms with van der Waals surface area (Å²) in [6.45, 7) is 2.13. The molecule has 1 atom stereocenters. The zero-order valence-corrected chi connectivity index (χ0v) is 9.09. The zero-order chi connectivity index (χ0) is 11.4. The first-order valence-electron chi connectivity index (χ1n) is 5.15. The third kappa shape index (κ3) is 2.17. The third-order valence-electron chi connectivity index (χ3n) is 2.62. The van der Waals surface area contributed by atoms with Gasteiger partial charge in [0.05, 0.1) is 6.20 Å². The fourth-order valence-corrected chi connectivity index (χ4v) is 1.62. The number of hydrazine groups is 1. The first kappa shape index (κ1) is 10.6. The summed E-state index contributed by atoms with van der Waals surface area (Å²) >= 11 is 0. The van der Waals surface area contributed by atoms with Crippen LogP contribution in [0.3, 0.4) is 0 Å². The maximum Gasteiger partial charge on any atom is 0.162 e. The summed E-state index contributed by atoms with van der Waals surface area (Å²) in [7, 11) is 0. The SMILES string of the molecule is CC(c1ccccc1)c1cnnc(NN)c1. The molecule has 0 fully saturated rings. The summed E-state index contributed by atoms with van der Waals surface area (Å²) in [6.07, 6.45) is 1.76. The van der Waals surface area contributed by atoms with E-state index in [4.69, 9.17) is 5.84 Å². The number of nitrogens with two attached hydrogens (primary N) is 1. The van der Waals surface area contributed by atoms with E-state index in [0.717, 1.165) is 5.56 Å². The van der Waals surface area contributed by atoms with Gasteiger partial charge in [-0.25, -0.2) is 5.84 Å². The van der Waals surface area contributed by atoms with E-state index in [1.165, 1.54) is 5.56 Å².